The zero-order chi connectivity index (χ0) is 18.5. The van der Waals surface area contributed by atoms with Crippen LogP contribution in [0.15, 0.2) is 59.7 Å². The van der Waals surface area contributed by atoms with Crippen molar-refractivity contribution in [3.05, 3.63) is 71.3 Å². The Balaban J connectivity index is 1.65. The Morgan fingerprint density at radius 3 is 2.50 bits per heavy atom. The molecule has 0 saturated carbocycles. The maximum absolute atomic E-state index is 12.5. The smallest absolute Gasteiger partial charge is 0.253 e. The maximum atomic E-state index is 12.5. The van der Waals surface area contributed by atoms with Gasteiger partial charge in [-0.1, -0.05) is 68.4 Å². The fourth-order valence-corrected chi connectivity index (χ4v) is 3.14. The van der Waals surface area contributed by atoms with Gasteiger partial charge in [0, 0.05) is 12.5 Å². The first-order chi connectivity index (χ1) is 12.6. The molecule has 1 fully saturated rings. The number of rotatable bonds is 5. The van der Waals surface area contributed by atoms with Gasteiger partial charge in [-0.3, -0.25) is 9.59 Å². The van der Waals surface area contributed by atoms with E-state index in [4.69, 9.17) is 0 Å². The summed E-state index contributed by atoms with van der Waals surface area (Å²) in [6.45, 7) is 4.74. The van der Waals surface area contributed by atoms with Crippen LogP contribution in [-0.4, -0.2) is 24.6 Å². The highest BCUT2D eigenvalue weighted by Crippen LogP contribution is 2.28. The molecule has 0 aromatic heterocycles. The van der Waals surface area contributed by atoms with Crippen molar-refractivity contribution >= 4 is 18.0 Å². The van der Waals surface area contributed by atoms with Crippen LogP contribution in [-0.2, 0) is 9.59 Å². The molecule has 2 atom stereocenters. The molecule has 3 rings (SSSR count). The molecule has 1 saturated heterocycles. The van der Waals surface area contributed by atoms with Gasteiger partial charge in [0.05, 0.1) is 6.21 Å². The molecule has 0 bridgehead atoms. The molecule has 2 aromatic carbocycles. The number of benzene rings is 2. The zero-order valence-electron chi connectivity index (χ0n) is 15.0. The number of nitrogens with zero attached hydrogens (tertiary/aromatic N) is 1. The third kappa shape index (κ3) is 3.99. The standard InChI is InChI=1S/C21H23N3O2/c1-14(2)16-10-8-15(9-11-16)12-23-24-21(26)19-18(13-22-20(19)25)17-6-4-3-5-7-17/h3-12,14,18-19H,13H2,1-2H3,(H,22,25)(H,24,26)/b23-12-. The Hall–Kier alpha value is -2.95. The van der Waals surface area contributed by atoms with Gasteiger partial charge in [-0.2, -0.15) is 5.10 Å². The van der Waals surface area contributed by atoms with Crippen molar-refractivity contribution in [3.8, 4) is 0 Å². The molecule has 2 amide bonds. The maximum Gasteiger partial charge on any atom is 0.253 e. The lowest BCUT2D eigenvalue weighted by atomic mass is 9.88. The number of nitrogens with one attached hydrogen (secondary N) is 2. The van der Waals surface area contributed by atoms with Gasteiger partial charge in [-0.15, -0.1) is 0 Å². The van der Waals surface area contributed by atoms with Crippen molar-refractivity contribution in [2.24, 2.45) is 11.0 Å². The average Bonchev–Trinajstić information content (AvgIpc) is 3.04. The van der Waals surface area contributed by atoms with E-state index in [1.54, 1.807) is 6.21 Å². The summed E-state index contributed by atoms with van der Waals surface area (Å²) >= 11 is 0. The van der Waals surface area contributed by atoms with Crippen molar-refractivity contribution in [2.75, 3.05) is 6.54 Å². The monoisotopic (exact) mass is 349 g/mol. The summed E-state index contributed by atoms with van der Waals surface area (Å²) in [7, 11) is 0. The first-order valence-electron chi connectivity index (χ1n) is 8.82. The van der Waals surface area contributed by atoms with Gasteiger partial charge in [0.15, 0.2) is 0 Å². The Kier molecular flexibility index (Phi) is 5.46. The first-order valence-corrected chi connectivity index (χ1v) is 8.82. The third-order valence-electron chi connectivity index (χ3n) is 4.68. The minimum Gasteiger partial charge on any atom is -0.355 e. The Bertz CT molecular complexity index is 798. The summed E-state index contributed by atoms with van der Waals surface area (Å²) in [5.74, 6) is -1.12. The van der Waals surface area contributed by atoms with E-state index < -0.39 is 5.92 Å². The Morgan fingerprint density at radius 1 is 1.15 bits per heavy atom. The van der Waals surface area contributed by atoms with E-state index in [0.29, 0.717) is 12.5 Å². The molecule has 0 aliphatic carbocycles. The molecule has 0 spiro atoms. The second kappa shape index (κ2) is 7.95. The molecule has 26 heavy (non-hydrogen) atoms. The summed E-state index contributed by atoms with van der Waals surface area (Å²) in [6, 6.07) is 17.6. The van der Waals surface area contributed by atoms with Crippen LogP contribution in [0.3, 0.4) is 0 Å². The molecule has 5 nitrogen and oxygen atoms in total. The first kappa shape index (κ1) is 17.9. The Morgan fingerprint density at radius 2 is 1.85 bits per heavy atom. The van der Waals surface area contributed by atoms with Crippen molar-refractivity contribution in [3.63, 3.8) is 0 Å². The van der Waals surface area contributed by atoms with Crippen molar-refractivity contribution in [2.45, 2.75) is 25.7 Å². The fraction of sp³-hybridized carbons (Fsp3) is 0.286. The van der Waals surface area contributed by atoms with E-state index in [-0.39, 0.29) is 17.7 Å². The summed E-state index contributed by atoms with van der Waals surface area (Å²) in [5.41, 5.74) is 5.63. The second-order valence-electron chi connectivity index (χ2n) is 6.80. The van der Waals surface area contributed by atoms with Crippen LogP contribution in [0.4, 0.5) is 0 Å². The Labute approximate surface area is 153 Å². The van der Waals surface area contributed by atoms with Gasteiger partial charge >= 0.3 is 0 Å². The molecule has 1 aliphatic heterocycles. The topological polar surface area (TPSA) is 70.6 Å². The molecule has 2 unspecified atom stereocenters. The van der Waals surface area contributed by atoms with Crippen LogP contribution in [0.1, 0.15) is 42.4 Å². The lowest BCUT2D eigenvalue weighted by Gasteiger charge is -2.15. The van der Waals surface area contributed by atoms with Crippen LogP contribution >= 0.6 is 0 Å². The van der Waals surface area contributed by atoms with E-state index in [0.717, 1.165) is 11.1 Å². The SMILES string of the molecule is CC(C)c1ccc(/C=N\NC(=O)C2C(=O)NCC2c2ccccc2)cc1. The van der Waals surface area contributed by atoms with E-state index >= 15 is 0 Å². The summed E-state index contributed by atoms with van der Waals surface area (Å²) < 4.78 is 0. The molecule has 5 heteroatoms. The minimum absolute atomic E-state index is 0.177. The fourth-order valence-electron chi connectivity index (χ4n) is 3.14. The molecular formula is C21H23N3O2. The van der Waals surface area contributed by atoms with Crippen LogP contribution in [0.5, 0.6) is 0 Å². The van der Waals surface area contributed by atoms with Gasteiger partial charge in [-0.25, -0.2) is 5.43 Å². The van der Waals surface area contributed by atoms with E-state index in [2.05, 4.69) is 29.7 Å². The number of hydrogen-bond donors (Lipinski definition) is 2. The number of carbonyl (C=O) groups excluding carboxylic acids is 2. The van der Waals surface area contributed by atoms with Gasteiger partial charge in [0.2, 0.25) is 5.91 Å². The highest BCUT2D eigenvalue weighted by Gasteiger charge is 2.40. The lowest BCUT2D eigenvalue weighted by Crippen LogP contribution is -2.34. The molecule has 134 valence electrons. The van der Waals surface area contributed by atoms with Crippen molar-refractivity contribution < 1.29 is 9.59 Å². The molecule has 1 heterocycles. The average molecular weight is 349 g/mol. The number of amides is 2. The van der Waals surface area contributed by atoms with Crippen LogP contribution in [0.2, 0.25) is 0 Å². The largest absolute Gasteiger partial charge is 0.355 e. The minimum atomic E-state index is -0.766. The number of hydrogen-bond acceptors (Lipinski definition) is 3. The molecule has 2 aromatic rings. The van der Waals surface area contributed by atoms with Gasteiger partial charge < -0.3 is 5.32 Å². The number of carbonyl (C=O) groups is 2. The predicted molar refractivity (Wildman–Crippen MR) is 102 cm³/mol. The molecule has 2 N–H and O–H groups in total. The molecule has 1 aliphatic rings. The van der Waals surface area contributed by atoms with E-state index in [1.165, 1.54) is 5.56 Å². The lowest BCUT2D eigenvalue weighted by molar-refractivity contribution is -0.133. The summed E-state index contributed by atoms with van der Waals surface area (Å²) in [4.78, 5) is 24.6. The van der Waals surface area contributed by atoms with Crippen LogP contribution in [0.25, 0.3) is 0 Å². The predicted octanol–water partition coefficient (Wildman–Crippen LogP) is 2.79. The van der Waals surface area contributed by atoms with Gasteiger partial charge in [-0.05, 0) is 22.6 Å². The number of hydrazone groups is 1. The van der Waals surface area contributed by atoms with Crippen LogP contribution < -0.4 is 10.7 Å². The quantitative estimate of drug-likeness (QED) is 0.495. The van der Waals surface area contributed by atoms with Crippen molar-refractivity contribution in [1.29, 1.82) is 0 Å². The van der Waals surface area contributed by atoms with E-state index in [1.807, 2.05) is 54.6 Å². The molecular weight excluding hydrogens is 326 g/mol. The van der Waals surface area contributed by atoms with Gasteiger partial charge in [0.25, 0.3) is 5.91 Å². The second-order valence-corrected chi connectivity index (χ2v) is 6.80. The zero-order valence-corrected chi connectivity index (χ0v) is 15.0. The highest BCUT2D eigenvalue weighted by molar-refractivity contribution is 6.03. The molecule has 0 radical (unpaired) electrons. The highest BCUT2D eigenvalue weighted by atomic mass is 16.2. The van der Waals surface area contributed by atoms with Gasteiger partial charge in [0.1, 0.15) is 5.92 Å². The third-order valence-corrected chi connectivity index (χ3v) is 4.68. The summed E-state index contributed by atoms with van der Waals surface area (Å²) in [6.07, 6.45) is 1.59. The van der Waals surface area contributed by atoms with E-state index in [9.17, 15) is 9.59 Å². The van der Waals surface area contributed by atoms with Crippen molar-refractivity contribution in [1.82, 2.24) is 10.7 Å². The van der Waals surface area contributed by atoms with Crippen LogP contribution in [0, 0.1) is 5.92 Å². The summed E-state index contributed by atoms with van der Waals surface area (Å²) in [5, 5.41) is 6.79. The normalized spacial score (nSPS) is 19.7.